The van der Waals surface area contributed by atoms with Crippen LogP contribution < -0.4 is 10.6 Å². The van der Waals surface area contributed by atoms with Gasteiger partial charge < -0.3 is 10.6 Å². The number of para-hydroxylation sites is 1. The van der Waals surface area contributed by atoms with Crippen LogP contribution in [-0.4, -0.2) is 61.7 Å². The minimum Gasteiger partial charge on any atom is -0.325 e. The van der Waals surface area contributed by atoms with E-state index in [1.54, 1.807) is 6.92 Å². The average Bonchev–Trinajstić information content (AvgIpc) is 3.46. The van der Waals surface area contributed by atoms with Gasteiger partial charge in [0.1, 0.15) is 0 Å². The van der Waals surface area contributed by atoms with E-state index in [9.17, 15) is 19.2 Å². The van der Waals surface area contributed by atoms with Crippen molar-refractivity contribution in [2.24, 2.45) is 0 Å². The molecule has 1 saturated heterocycles. The normalized spacial score (nSPS) is 13.0. The van der Waals surface area contributed by atoms with E-state index >= 15 is 0 Å². The summed E-state index contributed by atoms with van der Waals surface area (Å²) in [6.07, 6.45) is 0.603. The molecule has 2 heterocycles. The lowest BCUT2D eigenvalue weighted by Crippen LogP contribution is -2.45. The summed E-state index contributed by atoms with van der Waals surface area (Å²) in [7, 11) is 0. The molecule has 1 aromatic heterocycles. The molecule has 0 atom stereocenters. The minimum absolute atomic E-state index is 0.161. The van der Waals surface area contributed by atoms with Crippen LogP contribution >= 0.6 is 0 Å². The molecule has 0 saturated carbocycles. The molecule has 2 N–H and O–H groups in total. The third-order valence-corrected chi connectivity index (χ3v) is 5.36. The Hall–Kier alpha value is -4.54. The van der Waals surface area contributed by atoms with Gasteiger partial charge >= 0.3 is 0 Å². The number of amides is 4. The van der Waals surface area contributed by atoms with Crippen LogP contribution in [0, 0.1) is 6.92 Å². The highest BCUT2D eigenvalue weighted by Crippen LogP contribution is 2.26. The molecule has 180 valence electrons. The number of hydrazine groups is 1. The number of carbonyl (C=O) groups is 4. The molecule has 11 heteroatoms. The lowest BCUT2D eigenvalue weighted by atomic mass is 10.1. The quantitative estimate of drug-likeness (QED) is 0.583. The zero-order valence-electron chi connectivity index (χ0n) is 19.6. The molecule has 0 bridgehead atoms. The van der Waals surface area contributed by atoms with Crippen molar-refractivity contribution in [2.45, 2.75) is 27.2 Å². The molecular formula is C24H25N7O4. The second-order valence-electron chi connectivity index (χ2n) is 8.09. The first-order valence-corrected chi connectivity index (χ1v) is 11.1. The Bertz CT molecular complexity index is 1300. The van der Waals surface area contributed by atoms with E-state index in [-0.39, 0.29) is 28.8 Å². The summed E-state index contributed by atoms with van der Waals surface area (Å²) in [5.74, 6) is -1.50. The van der Waals surface area contributed by atoms with Crippen molar-refractivity contribution in [3.05, 3.63) is 65.5 Å². The van der Waals surface area contributed by atoms with Crippen LogP contribution in [-0.2, 0) is 9.59 Å². The Balaban J connectivity index is 1.60. The fourth-order valence-corrected chi connectivity index (χ4v) is 3.83. The molecule has 2 aromatic carbocycles. The number of nitrogens with zero attached hydrogens (tertiary/aromatic N) is 5. The van der Waals surface area contributed by atoms with Crippen LogP contribution in [0.3, 0.4) is 0 Å². The Kier molecular flexibility index (Phi) is 6.58. The molecule has 4 amide bonds. The van der Waals surface area contributed by atoms with Crippen molar-refractivity contribution in [1.29, 1.82) is 0 Å². The van der Waals surface area contributed by atoms with Gasteiger partial charge in [0.05, 0.1) is 22.8 Å². The number of aromatic nitrogens is 3. The van der Waals surface area contributed by atoms with Gasteiger partial charge in [-0.25, -0.2) is 10.0 Å². The summed E-state index contributed by atoms with van der Waals surface area (Å²) in [6.45, 7) is 5.07. The van der Waals surface area contributed by atoms with E-state index in [1.165, 1.54) is 46.9 Å². The molecule has 1 aliphatic rings. The average molecular weight is 476 g/mol. The zero-order chi connectivity index (χ0) is 25.1. The summed E-state index contributed by atoms with van der Waals surface area (Å²) in [6, 6.07) is 13.8. The van der Waals surface area contributed by atoms with Crippen molar-refractivity contribution in [3.8, 4) is 5.69 Å². The lowest BCUT2D eigenvalue weighted by Gasteiger charge is -2.27. The number of benzene rings is 2. The van der Waals surface area contributed by atoms with E-state index in [0.29, 0.717) is 36.6 Å². The standard InChI is InChI=1S/C24H25N7O4/c1-15-22(28-31(27-15)19-8-5-4-6-9-19)24(35)30-13-7-12-29(30)23(34)18-10-11-20(25-16(2)32)21(14-18)26-17(3)33/h4-6,8-11,14H,7,12-13H2,1-3H3,(H,25,32)(H,26,33). The van der Waals surface area contributed by atoms with Gasteiger partial charge in [-0.1, -0.05) is 18.2 Å². The van der Waals surface area contributed by atoms with E-state index < -0.39 is 11.8 Å². The topological polar surface area (TPSA) is 130 Å². The summed E-state index contributed by atoms with van der Waals surface area (Å²) in [4.78, 5) is 51.3. The van der Waals surface area contributed by atoms with E-state index in [0.717, 1.165) is 0 Å². The van der Waals surface area contributed by atoms with Gasteiger partial charge in [-0.05, 0) is 43.7 Å². The molecule has 0 radical (unpaired) electrons. The fourth-order valence-electron chi connectivity index (χ4n) is 3.83. The predicted octanol–water partition coefficient (Wildman–Crippen LogP) is 2.40. The van der Waals surface area contributed by atoms with Gasteiger partial charge in [0.2, 0.25) is 11.8 Å². The van der Waals surface area contributed by atoms with E-state index in [2.05, 4.69) is 20.8 Å². The van der Waals surface area contributed by atoms with Crippen molar-refractivity contribution >= 4 is 35.0 Å². The number of anilines is 2. The van der Waals surface area contributed by atoms with E-state index in [1.807, 2.05) is 30.3 Å². The molecule has 4 rings (SSSR count). The SMILES string of the molecule is CC(=O)Nc1ccc(C(=O)N2CCCN2C(=O)c2nn(-c3ccccc3)nc2C)cc1NC(C)=O. The highest BCUT2D eigenvalue weighted by Gasteiger charge is 2.34. The number of hydrogen-bond acceptors (Lipinski definition) is 6. The predicted molar refractivity (Wildman–Crippen MR) is 128 cm³/mol. The Morgan fingerprint density at radius 1 is 0.800 bits per heavy atom. The Morgan fingerprint density at radius 2 is 1.43 bits per heavy atom. The first kappa shape index (κ1) is 23.6. The molecule has 35 heavy (non-hydrogen) atoms. The molecule has 0 unspecified atom stereocenters. The van der Waals surface area contributed by atoms with Crippen LogP contribution in [0.5, 0.6) is 0 Å². The van der Waals surface area contributed by atoms with Crippen LogP contribution in [0.4, 0.5) is 11.4 Å². The van der Waals surface area contributed by atoms with Crippen LogP contribution in [0.15, 0.2) is 48.5 Å². The van der Waals surface area contributed by atoms with Gasteiger partial charge in [-0.2, -0.15) is 9.90 Å². The van der Waals surface area contributed by atoms with Gasteiger partial charge in [0.15, 0.2) is 5.69 Å². The molecule has 3 aromatic rings. The third-order valence-electron chi connectivity index (χ3n) is 5.36. The van der Waals surface area contributed by atoms with Gasteiger partial charge in [0.25, 0.3) is 11.8 Å². The fraction of sp³-hybridized carbons (Fsp3) is 0.250. The molecular weight excluding hydrogens is 450 g/mol. The first-order valence-electron chi connectivity index (χ1n) is 11.1. The second-order valence-corrected chi connectivity index (χ2v) is 8.09. The zero-order valence-corrected chi connectivity index (χ0v) is 19.6. The van der Waals surface area contributed by atoms with Crippen LogP contribution in [0.25, 0.3) is 5.69 Å². The maximum absolute atomic E-state index is 13.4. The van der Waals surface area contributed by atoms with Crippen LogP contribution in [0.1, 0.15) is 46.8 Å². The summed E-state index contributed by atoms with van der Waals surface area (Å²) in [5.41, 5.74) is 2.24. The summed E-state index contributed by atoms with van der Waals surface area (Å²) < 4.78 is 0. The second kappa shape index (κ2) is 9.75. The van der Waals surface area contributed by atoms with Gasteiger partial charge in [-0.15, -0.1) is 5.10 Å². The minimum atomic E-state index is -0.424. The maximum atomic E-state index is 13.4. The molecule has 0 aliphatic carbocycles. The highest BCUT2D eigenvalue weighted by atomic mass is 16.2. The van der Waals surface area contributed by atoms with Crippen molar-refractivity contribution < 1.29 is 19.2 Å². The largest absolute Gasteiger partial charge is 0.325 e. The molecule has 11 nitrogen and oxygen atoms in total. The van der Waals surface area contributed by atoms with Crippen molar-refractivity contribution in [2.75, 3.05) is 23.7 Å². The number of aryl methyl sites for hydroxylation is 1. The molecule has 0 spiro atoms. The first-order chi connectivity index (χ1) is 16.7. The molecule has 1 aliphatic heterocycles. The lowest BCUT2D eigenvalue weighted by molar-refractivity contribution is -0.115. The molecule has 1 fully saturated rings. The maximum Gasteiger partial charge on any atom is 0.294 e. The van der Waals surface area contributed by atoms with Gasteiger partial charge in [-0.3, -0.25) is 19.2 Å². The number of nitrogens with one attached hydrogen (secondary N) is 2. The number of carbonyl (C=O) groups excluding carboxylic acids is 4. The monoisotopic (exact) mass is 475 g/mol. The third kappa shape index (κ3) is 5.03. The number of hydrogen-bond donors (Lipinski definition) is 2. The smallest absolute Gasteiger partial charge is 0.294 e. The Labute approximate surface area is 201 Å². The summed E-state index contributed by atoms with van der Waals surface area (Å²) >= 11 is 0. The van der Waals surface area contributed by atoms with Crippen LogP contribution in [0.2, 0.25) is 0 Å². The Morgan fingerprint density at radius 3 is 2.09 bits per heavy atom. The highest BCUT2D eigenvalue weighted by molar-refractivity contribution is 6.03. The van der Waals surface area contributed by atoms with Crippen molar-refractivity contribution in [1.82, 2.24) is 25.0 Å². The summed E-state index contributed by atoms with van der Waals surface area (Å²) in [5, 5.41) is 16.7. The number of rotatable bonds is 5. The van der Waals surface area contributed by atoms with E-state index in [4.69, 9.17) is 0 Å². The van der Waals surface area contributed by atoms with Gasteiger partial charge in [0, 0.05) is 32.5 Å². The van der Waals surface area contributed by atoms with Crippen molar-refractivity contribution in [3.63, 3.8) is 0 Å².